The Morgan fingerprint density at radius 3 is 3.17 bits per heavy atom. The maximum absolute atomic E-state index is 8.49. The van der Waals surface area contributed by atoms with Gasteiger partial charge in [-0.05, 0) is 6.07 Å². The van der Waals surface area contributed by atoms with Crippen molar-refractivity contribution in [2.75, 3.05) is 0 Å². The zero-order chi connectivity index (χ0) is 8.55. The number of nitriles is 1. The van der Waals surface area contributed by atoms with Crippen LogP contribution in [-0.2, 0) is 0 Å². The molecule has 0 unspecified atom stereocenters. The molecule has 12 heavy (non-hydrogen) atoms. The number of hydrogen-bond acceptors (Lipinski definition) is 3. The quantitative estimate of drug-likeness (QED) is 0.610. The van der Waals surface area contributed by atoms with E-state index in [9.17, 15) is 0 Å². The summed E-state index contributed by atoms with van der Waals surface area (Å²) < 4.78 is 1.50. The summed E-state index contributed by atoms with van der Waals surface area (Å²) in [6.07, 6.45) is 1.66. The molecule has 2 aromatic rings. The van der Waals surface area contributed by atoms with Gasteiger partial charge in [0.25, 0.3) is 5.82 Å². The average molecular weight is 179 g/mol. The fourth-order valence-corrected chi connectivity index (χ4v) is 1.06. The smallest absolute Gasteiger partial charge is 0.220 e. The molecule has 0 atom stereocenters. The van der Waals surface area contributed by atoms with Gasteiger partial charge in [-0.1, -0.05) is 11.6 Å². The molecule has 0 fully saturated rings. The molecule has 4 nitrogen and oxygen atoms in total. The lowest BCUT2D eigenvalue weighted by atomic mass is 10.5. The second-order valence-electron chi connectivity index (χ2n) is 2.19. The van der Waals surface area contributed by atoms with E-state index < -0.39 is 0 Å². The van der Waals surface area contributed by atoms with Gasteiger partial charge in [0, 0.05) is 17.3 Å². The van der Waals surface area contributed by atoms with Crippen molar-refractivity contribution in [3.63, 3.8) is 0 Å². The van der Waals surface area contributed by atoms with Gasteiger partial charge in [-0.2, -0.15) is 10.2 Å². The van der Waals surface area contributed by atoms with Crippen molar-refractivity contribution < 1.29 is 0 Å². The predicted molar refractivity (Wildman–Crippen MR) is 42.7 cm³/mol. The van der Waals surface area contributed by atoms with Crippen LogP contribution in [0.1, 0.15) is 5.82 Å². The molecule has 0 N–H and O–H groups in total. The molecule has 0 aliphatic rings. The first-order chi connectivity index (χ1) is 5.79. The summed E-state index contributed by atoms with van der Waals surface area (Å²) in [4.78, 5) is 3.90. The monoisotopic (exact) mass is 178 g/mol. The third kappa shape index (κ3) is 1.00. The summed E-state index contributed by atoms with van der Waals surface area (Å²) in [6, 6.07) is 5.18. The first kappa shape index (κ1) is 7.07. The molecule has 0 bridgehead atoms. The van der Waals surface area contributed by atoms with Crippen LogP contribution >= 0.6 is 11.6 Å². The van der Waals surface area contributed by atoms with Crippen LogP contribution in [0.25, 0.3) is 5.65 Å². The normalized spacial score (nSPS) is 10.0. The van der Waals surface area contributed by atoms with E-state index in [2.05, 4.69) is 10.1 Å². The van der Waals surface area contributed by atoms with Crippen LogP contribution in [0.15, 0.2) is 18.3 Å². The molecule has 2 aromatic heterocycles. The maximum Gasteiger partial charge on any atom is 0.253 e. The minimum absolute atomic E-state index is 0.150. The molecular weight excluding hydrogens is 176 g/mol. The summed E-state index contributed by atoms with van der Waals surface area (Å²) in [6.45, 7) is 0. The predicted octanol–water partition coefficient (Wildman–Crippen LogP) is 1.25. The van der Waals surface area contributed by atoms with E-state index in [1.54, 1.807) is 18.3 Å². The summed E-state index contributed by atoms with van der Waals surface area (Å²) in [5, 5.41) is 12.9. The van der Waals surface area contributed by atoms with E-state index >= 15 is 0 Å². The van der Waals surface area contributed by atoms with Crippen molar-refractivity contribution in [1.82, 2.24) is 14.6 Å². The summed E-state index contributed by atoms with van der Waals surface area (Å²) in [5.74, 6) is 0.150. The Kier molecular flexibility index (Phi) is 1.45. The lowest BCUT2D eigenvalue weighted by molar-refractivity contribution is 0.949. The van der Waals surface area contributed by atoms with Crippen LogP contribution in [-0.4, -0.2) is 14.6 Å². The Labute approximate surface area is 73.0 Å². The topological polar surface area (TPSA) is 54.0 Å². The van der Waals surface area contributed by atoms with Crippen LogP contribution in [0.2, 0.25) is 5.02 Å². The second kappa shape index (κ2) is 2.47. The van der Waals surface area contributed by atoms with E-state index in [1.165, 1.54) is 4.52 Å². The van der Waals surface area contributed by atoms with Gasteiger partial charge in [0.05, 0.1) is 0 Å². The van der Waals surface area contributed by atoms with Crippen LogP contribution in [0.4, 0.5) is 0 Å². The Morgan fingerprint density at radius 1 is 1.58 bits per heavy atom. The van der Waals surface area contributed by atoms with E-state index in [-0.39, 0.29) is 5.82 Å². The summed E-state index contributed by atoms with van der Waals surface area (Å²) in [7, 11) is 0. The van der Waals surface area contributed by atoms with E-state index in [1.807, 2.05) is 6.07 Å². The maximum atomic E-state index is 8.49. The highest BCUT2D eigenvalue weighted by atomic mass is 35.5. The Bertz CT molecular complexity index is 468. The van der Waals surface area contributed by atoms with Crippen molar-refractivity contribution in [3.05, 3.63) is 29.2 Å². The first-order valence-corrected chi connectivity index (χ1v) is 3.59. The van der Waals surface area contributed by atoms with Crippen LogP contribution in [0, 0.1) is 11.3 Å². The highest BCUT2D eigenvalue weighted by Crippen LogP contribution is 2.09. The molecule has 0 saturated heterocycles. The average Bonchev–Trinajstić information content (AvgIpc) is 2.46. The Balaban J connectivity index is 2.77. The molecule has 2 heterocycles. The van der Waals surface area contributed by atoms with Gasteiger partial charge in [-0.15, -0.1) is 5.10 Å². The number of halogens is 1. The number of rotatable bonds is 0. The SMILES string of the molecule is N#Cc1nc2cc(Cl)ccn2n1. The van der Waals surface area contributed by atoms with Gasteiger partial charge >= 0.3 is 0 Å². The molecule has 5 heteroatoms. The zero-order valence-corrected chi connectivity index (χ0v) is 6.65. The van der Waals surface area contributed by atoms with Gasteiger partial charge in [0.1, 0.15) is 6.07 Å². The number of nitrogens with zero attached hydrogens (tertiary/aromatic N) is 4. The Hall–Kier alpha value is -1.60. The van der Waals surface area contributed by atoms with Crippen LogP contribution in [0.3, 0.4) is 0 Å². The molecule has 0 spiro atoms. The summed E-state index contributed by atoms with van der Waals surface area (Å²) in [5.41, 5.74) is 0.582. The van der Waals surface area contributed by atoms with E-state index in [0.717, 1.165) is 0 Å². The second-order valence-corrected chi connectivity index (χ2v) is 2.63. The molecule has 2 rings (SSSR count). The number of pyridine rings is 1. The highest BCUT2D eigenvalue weighted by Gasteiger charge is 2.01. The fourth-order valence-electron chi connectivity index (χ4n) is 0.904. The van der Waals surface area contributed by atoms with Gasteiger partial charge in [0.2, 0.25) is 0 Å². The minimum Gasteiger partial charge on any atom is -0.220 e. The third-order valence-electron chi connectivity index (χ3n) is 1.40. The third-order valence-corrected chi connectivity index (χ3v) is 1.63. The Morgan fingerprint density at radius 2 is 2.42 bits per heavy atom. The van der Waals surface area contributed by atoms with Crippen molar-refractivity contribution >= 4 is 17.2 Å². The summed E-state index contributed by atoms with van der Waals surface area (Å²) >= 11 is 5.71. The highest BCUT2D eigenvalue weighted by molar-refractivity contribution is 6.30. The number of hydrogen-bond donors (Lipinski definition) is 0. The minimum atomic E-state index is 0.150. The van der Waals surface area contributed by atoms with Crippen molar-refractivity contribution in [1.29, 1.82) is 5.26 Å². The largest absolute Gasteiger partial charge is 0.253 e. The van der Waals surface area contributed by atoms with E-state index in [0.29, 0.717) is 10.7 Å². The number of fused-ring (bicyclic) bond motifs is 1. The molecular formula is C7H3ClN4. The molecule has 0 aliphatic heterocycles. The molecule has 0 aromatic carbocycles. The van der Waals surface area contributed by atoms with Crippen molar-refractivity contribution in [2.24, 2.45) is 0 Å². The molecule has 58 valence electrons. The van der Waals surface area contributed by atoms with Crippen molar-refractivity contribution in [2.45, 2.75) is 0 Å². The lowest BCUT2D eigenvalue weighted by Crippen LogP contribution is -1.84. The van der Waals surface area contributed by atoms with Crippen LogP contribution in [0.5, 0.6) is 0 Å². The van der Waals surface area contributed by atoms with E-state index in [4.69, 9.17) is 16.9 Å². The molecule has 0 amide bonds. The fraction of sp³-hybridized carbons (Fsp3) is 0. The van der Waals surface area contributed by atoms with Gasteiger partial charge in [-0.25, -0.2) is 4.52 Å². The zero-order valence-electron chi connectivity index (χ0n) is 5.90. The van der Waals surface area contributed by atoms with Gasteiger partial charge < -0.3 is 0 Å². The molecule has 0 aliphatic carbocycles. The number of aromatic nitrogens is 3. The standard InChI is InChI=1S/C7H3ClN4/c8-5-1-2-12-7(3-5)10-6(4-9)11-12/h1-3H. The van der Waals surface area contributed by atoms with Gasteiger partial charge in [-0.3, -0.25) is 0 Å². The van der Waals surface area contributed by atoms with Gasteiger partial charge in [0.15, 0.2) is 5.65 Å². The van der Waals surface area contributed by atoms with Crippen molar-refractivity contribution in [3.8, 4) is 6.07 Å². The molecule has 0 radical (unpaired) electrons. The molecule has 0 saturated carbocycles. The van der Waals surface area contributed by atoms with Crippen LogP contribution < -0.4 is 0 Å². The lowest BCUT2D eigenvalue weighted by Gasteiger charge is -1.89. The first-order valence-electron chi connectivity index (χ1n) is 3.21.